The Balaban J connectivity index is 1.62. The first-order valence-electron chi connectivity index (χ1n) is 14.2. The van der Waals surface area contributed by atoms with E-state index < -0.39 is 43.2 Å². The van der Waals surface area contributed by atoms with Crippen LogP contribution in [-0.2, 0) is 20.8 Å². The van der Waals surface area contributed by atoms with Crippen LogP contribution in [0.15, 0.2) is 36.5 Å². The van der Waals surface area contributed by atoms with Gasteiger partial charge in [0.05, 0.1) is 31.9 Å². The number of esters is 1. The Morgan fingerprint density at radius 3 is 2.56 bits per heavy atom. The van der Waals surface area contributed by atoms with Crippen LogP contribution >= 0.6 is 0 Å². The van der Waals surface area contributed by atoms with E-state index in [-0.39, 0.29) is 23.7 Å². The van der Waals surface area contributed by atoms with Crippen LogP contribution in [0.2, 0.25) is 0 Å². The number of hydrogen-bond donors (Lipinski definition) is 5. The monoisotopic (exact) mass is 574 g/mol. The number of carbonyl (C=O) groups excluding carboxylic acids is 2. The molecule has 0 radical (unpaired) electrons. The Bertz CT molecular complexity index is 1230. The zero-order valence-electron chi connectivity index (χ0n) is 23.8. The van der Waals surface area contributed by atoms with Crippen LogP contribution in [0.25, 0.3) is 10.9 Å². The zero-order chi connectivity index (χ0) is 29.7. The van der Waals surface area contributed by atoms with Gasteiger partial charge in [0.25, 0.3) is 5.91 Å². The Kier molecular flexibility index (Phi) is 10.4. The average molecular weight is 575 g/mol. The van der Waals surface area contributed by atoms with E-state index in [0.717, 1.165) is 31.2 Å². The number of allylic oxidation sites excluding steroid dienone is 2. The van der Waals surface area contributed by atoms with Crippen molar-refractivity contribution < 1.29 is 44.2 Å². The number of hydrogen-bond acceptors (Lipinski definition) is 9. The molecule has 4 rings (SSSR count). The fourth-order valence-electron chi connectivity index (χ4n) is 6.29. The Morgan fingerprint density at radius 2 is 1.88 bits per heavy atom. The predicted octanol–water partition coefficient (Wildman–Crippen LogP) is 1.74. The highest BCUT2D eigenvalue weighted by Crippen LogP contribution is 2.43. The molecule has 1 amide bonds. The molecule has 11 nitrogen and oxygen atoms in total. The number of nitrogens with zero attached hydrogens (tertiary/aromatic N) is 1. The SMILES string of the molecule is CC/C=C\CC1C(CC(=O)OC)CCC1Cn1cc(C(=O)NC2C(O)OC(CO)C(O)C2O)c2ccc(OC)cc21. The molecule has 5 N–H and O–H groups in total. The van der Waals surface area contributed by atoms with Crippen LogP contribution in [-0.4, -0.2) is 88.3 Å². The summed E-state index contributed by atoms with van der Waals surface area (Å²) in [5.41, 5.74) is 1.11. The number of methoxy groups -OCH3 is 2. The van der Waals surface area contributed by atoms with Crippen molar-refractivity contribution in [2.75, 3.05) is 20.8 Å². The van der Waals surface area contributed by atoms with Crippen molar-refractivity contribution in [1.82, 2.24) is 9.88 Å². The molecule has 2 fully saturated rings. The molecule has 1 aromatic heterocycles. The topological polar surface area (TPSA) is 160 Å². The van der Waals surface area contributed by atoms with Gasteiger partial charge < -0.3 is 44.5 Å². The van der Waals surface area contributed by atoms with Gasteiger partial charge in [-0.05, 0) is 55.6 Å². The van der Waals surface area contributed by atoms with Crippen molar-refractivity contribution in [2.45, 2.75) is 76.2 Å². The second kappa shape index (κ2) is 13.8. The largest absolute Gasteiger partial charge is 0.497 e. The van der Waals surface area contributed by atoms with Gasteiger partial charge in [0.1, 0.15) is 30.1 Å². The summed E-state index contributed by atoms with van der Waals surface area (Å²) in [5, 5.41) is 43.8. The third-order valence-corrected chi connectivity index (χ3v) is 8.55. The van der Waals surface area contributed by atoms with Crippen LogP contribution in [0.3, 0.4) is 0 Å². The van der Waals surface area contributed by atoms with Crippen LogP contribution < -0.4 is 10.1 Å². The van der Waals surface area contributed by atoms with E-state index in [1.54, 1.807) is 25.4 Å². The molecule has 41 heavy (non-hydrogen) atoms. The van der Waals surface area contributed by atoms with Crippen molar-refractivity contribution in [1.29, 1.82) is 0 Å². The van der Waals surface area contributed by atoms with E-state index >= 15 is 0 Å². The second-order valence-corrected chi connectivity index (χ2v) is 11.0. The molecule has 1 saturated heterocycles. The fraction of sp³-hybridized carbons (Fsp3) is 0.600. The maximum Gasteiger partial charge on any atom is 0.305 e. The molecule has 0 bridgehead atoms. The van der Waals surface area contributed by atoms with Gasteiger partial charge >= 0.3 is 5.97 Å². The lowest BCUT2D eigenvalue weighted by atomic mass is 9.84. The highest BCUT2D eigenvalue weighted by molar-refractivity contribution is 6.07. The van der Waals surface area contributed by atoms with Gasteiger partial charge in [-0.3, -0.25) is 9.59 Å². The summed E-state index contributed by atoms with van der Waals surface area (Å²) in [6.07, 6.45) is 4.26. The number of aliphatic hydroxyl groups is 4. The van der Waals surface area contributed by atoms with Crippen molar-refractivity contribution in [3.05, 3.63) is 42.1 Å². The third kappa shape index (κ3) is 6.76. The van der Waals surface area contributed by atoms with E-state index in [1.807, 2.05) is 10.6 Å². The first-order valence-corrected chi connectivity index (χ1v) is 14.2. The molecule has 1 saturated carbocycles. The lowest BCUT2D eigenvalue weighted by Crippen LogP contribution is -2.64. The molecule has 1 aliphatic carbocycles. The molecule has 2 aromatic rings. The van der Waals surface area contributed by atoms with Crippen molar-refractivity contribution >= 4 is 22.8 Å². The van der Waals surface area contributed by atoms with Crippen LogP contribution in [0, 0.1) is 17.8 Å². The van der Waals surface area contributed by atoms with Crippen molar-refractivity contribution in [2.24, 2.45) is 17.8 Å². The Hall–Kier alpha value is -2.96. The molecule has 8 atom stereocenters. The summed E-state index contributed by atoms with van der Waals surface area (Å²) in [4.78, 5) is 25.6. The van der Waals surface area contributed by atoms with Crippen LogP contribution in [0.5, 0.6) is 5.75 Å². The standard InChI is InChI=1S/C30H42N2O9/c1-4-5-6-7-20-17(12-25(34)40-3)8-9-18(20)14-32-15-22(21-11-10-19(39-2)13-23(21)32)29(37)31-26-28(36)27(35)24(16-33)41-30(26)38/h5-6,10-11,13,15,17-18,20,24,26-28,30,33,35-36,38H,4,7-9,12,14,16H2,1-3H3,(H,31,37)/b6-5-. The summed E-state index contributed by atoms with van der Waals surface area (Å²) in [6.45, 7) is 2.11. The predicted molar refractivity (Wildman–Crippen MR) is 150 cm³/mol. The minimum absolute atomic E-state index is 0.205. The summed E-state index contributed by atoms with van der Waals surface area (Å²) in [5.74, 6) is 0.592. The van der Waals surface area contributed by atoms with Crippen LogP contribution in [0.4, 0.5) is 0 Å². The molecular weight excluding hydrogens is 532 g/mol. The number of carbonyl (C=O) groups is 2. The summed E-state index contributed by atoms with van der Waals surface area (Å²) in [6, 6.07) is 4.10. The van der Waals surface area contributed by atoms with E-state index in [0.29, 0.717) is 29.7 Å². The number of ether oxygens (including phenoxy) is 3. The minimum atomic E-state index is -1.62. The normalized spacial score (nSPS) is 30.1. The first kappa shape index (κ1) is 31.0. The summed E-state index contributed by atoms with van der Waals surface area (Å²) < 4.78 is 17.6. The van der Waals surface area contributed by atoms with Gasteiger partial charge in [0.15, 0.2) is 6.29 Å². The molecule has 11 heteroatoms. The molecule has 0 spiro atoms. The number of benzene rings is 1. The molecule has 8 unspecified atom stereocenters. The smallest absolute Gasteiger partial charge is 0.305 e. The van der Waals surface area contributed by atoms with E-state index in [9.17, 15) is 30.0 Å². The van der Waals surface area contributed by atoms with Gasteiger partial charge in [-0.1, -0.05) is 19.1 Å². The quantitative estimate of drug-likeness (QED) is 0.199. The molecular formula is C30H42N2O9. The highest BCUT2D eigenvalue weighted by atomic mass is 16.6. The number of fused-ring (bicyclic) bond motifs is 1. The van der Waals surface area contributed by atoms with Gasteiger partial charge in [-0.2, -0.15) is 0 Å². The molecule has 2 aliphatic rings. The number of aliphatic hydroxyl groups excluding tert-OH is 4. The van der Waals surface area contributed by atoms with Gasteiger partial charge in [-0.15, -0.1) is 0 Å². The fourth-order valence-corrected chi connectivity index (χ4v) is 6.29. The maximum atomic E-state index is 13.5. The second-order valence-electron chi connectivity index (χ2n) is 11.0. The molecule has 1 aromatic carbocycles. The Labute approximate surface area is 239 Å². The van der Waals surface area contributed by atoms with Crippen molar-refractivity contribution in [3.8, 4) is 5.75 Å². The number of rotatable bonds is 11. The third-order valence-electron chi connectivity index (χ3n) is 8.55. The number of nitrogens with one attached hydrogen (secondary N) is 1. The van der Waals surface area contributed by atoms with Crippen LogP contribution in [0.1, 0.15) is 49.4 Å². The van der Waals surface area contributed by atoms with E-state index in [4.69, 9.17) is 14.2 Å². The summed E-state index contributed by atoms with van der Waals surface area (Å²) in [7, 11) is 2.99. The van der Waals surface area contributed by atoms with E-state index in [2.05, 4.69) is 24.4 Å². The van der Waals surface area contributed by atoms with E-state index in [1.165, 1.54) is 7.11 Å². The van der Waals surface area contributed by atoms with Gasteiger partial charge in [0.2, 0.25) is 0 Å². The van der Waals surface area contributed by atoms with Gasteiger partial charge in [-0.25, -0.2) is 0 Å². The molecule has 2 heterocycles. The van der Waals surface area contributed by atoms with Crippen molar-refractivity contribution in [3.63, 3.8) is 0 Å². The molecule has 1 aliphatic heterocycles. The Morgan fingerprint density at radius 1 is 1.12 bits per heavy atom. The maximum absolute atomic E-state index is 13.5. The number of aromatic nitrogens is 1. The average Bonchev–Trinajstić information content (AvgIpc) is 3.53. The highest BCUT2D eigenvalue weighted by Gasteiger charge is 2.44. The first-order chi connectivity index (χ1) is 19.7. The minimum Gasteiger partial charge on any atom is -0.497 e. The lowest BCUT2D eigenvalue weighted by Gasteiger charge is -2.40. The van der Waals surface area contributed by atoms with Gasteiger partial charge in [0, 0.05) is 30.6 Å². The zero-order valence-corrected chi connectivity index (χ0v) is 23.8. The lowest BCUT2D eigenvalue weighted by molar-refractivity contribution is -0.252. The number of amides is 1. The summed E-state index contributed by atoms with van der Waals surface area (Å²) >= 11 is 0. The molecule has 226 valence electrons.